The van der Waals surface area contributed by atoms with E-state index >= 15 is 0 Å². The molecule has 0 aliphatic carbocycles. The molecule has 0 aromatic heterocycles. The third-order valence-electron chi connectivity index (χ3n) is 3.40. The lowest BCUT2D eigenvalue weighted by atomic mass is 10.0. The molecule has 0 bridgehead atoms. The third kappa shape index (κ3) is 4.62. The number of rotatable bonds is 6. The summed E-state index contributed by atoms with van der Waals surface area (Å²) in [4.78, 5) is 0. The van der Waals surface area contributed by atoms with E-state index in [1.54, 1.807) is 7.11 Å². The SMILES string of the molecule is CCC(NCC1CSCCS1)c1ccc(OC)cc1. The van der Waals surface area contributed by atoms with Gasteiger partial charge in [-0.2, -0.15) is 23.5 Å². The Kier molecular flexibility index (Phi) is 6.41. The lowest BCUT2D eigenvalue weighted by Gasteiger charge is -2.25. The maximum absolute atomic E-state index is 5.21. The minimum Gasteiger partial charge on any atom is -0.497 e. The molecule has 1 aliphatic heterocycles. The summed E-state index contributed by atoms with van der Waals surface area (Å²) in [6.07, 6.45) is 1.12. The van der Waals surface area contributed by atoms with Gasteiger partial charge in [0.1, 0.15) is 5.75 Å². The van der Waals surface area contributed by atoms with E-state index in [1.165, 1.54) is 22.8 Å². The Morgan fingerprint density at radius 1 is 1.32 bits per heavy atom. The molecule has 0 amide bonds. The van der Waals surface area contributed by atoms with Gasteiger partial charge in [-0.1, -0.05) is 19.1 Å². The summed E-state index contributed by atoms with van der Waals surface area (Å²) >= 11 is 4.20. The van der Waals surface area contributed by atoms with E-state index in [-0.39, 0.29) is 0 Å². The fourth-order valence-corrected chi connectivity index (χ4v) is 4.89. The predicted molar refractivity (Wildman–Crippen MR) is 87.6 cm³/mol. The van der Waals surface area contributed by atoms with Crippen molar-refractivity contribution in [1.82, 2.24) is 5.32 Å². The Hall–Kier alpha value is -0.320. The van der Waals surface area contributed by atoms with Gasteiger partial charge in [-0.05, 0) is 24.1 Å². The molecular weight excluding hydrogens is 274 g/mol. The maximum Gasteiger partial charge on any atom is 0.118 e. The van der Waals surface area contributed by atoms with Crippen molar-refractivity contribution in [2.75, 3.05) is 30.9 Å². The van der Waals surface area contributed by atoms with Gasteiger partial charge in [0, 0.05) is 35.1 Å². The monoisotopic (exact) mass is 297 g/mol. The van der Waals surface area contributed by atoms with Crippen LogP contribution >= 0.6 is 23.5 Å². The van der Waals surface area contributed by atoms with E-state index in [0.717, 1.165) is 24.0 Å². The smallest absolute Gasteiger partial charge is 0.118 e. The highest BCUT2D eigenvalue weighted by Gasteiger charge is 2.16. The first-order valence-electron chi connectivity index (χ1n) is 6.90. The summed E-state index contributed by atoms with van der Waals surface area (Å²) in [7, 11) is 1.71. The standard InChI is InChI=1S/C15H23NOS2/c1-3-15(12-4-6-13(17-2)7-5-12)16-10-14-11-18-8-9-19-14/h4-7,14-16H,3,8-11H2,1-2H3. The van der Waals surface area contributed by atoms with Gasteiger partial charge >= 0.3 is 0 Å². The topological polar surface area (TPSA) is 21.3 Å². The zero-order valence-electron chi connectivity index (χ0n) is 11.7. The normalized spacial score (nSPS) is 21.1. The van der Waals surface area contributed by atoms with Crippen LogP contribution in [0.3, 0.4) is 0 Å². The minimum atomic E-state index is 0.457. The largest absolute Gasteiger partial charge is 0.497 e. The van der Waals surface area contributed by atoms with Gasteiger partial charge in [0.2, 0.25) is 0 Å². The van der Waals surface area contributed by atoms with Crippen molar-refractivity contribution in [3.63, 3.8) is 0 Å². The van der Waals surface area contributed by atoms with E-state index < -0.39 is 0 Å². The van der Waals surface area contributed by atoms with Crippen molar-refractivity contribution in [2.24, 2.45) is 0 Å². The van der Waals surface area contributed by atoms with Crippen LogP contribution in [0.1, 0.15) is 24.9 Å². The molecule has 0 spiro atoms. The number of methoxy groups -OCH3 is 1. The van der Waals surface area contributed by atoms with E-state index in [0.29, 0.717) is 6.04 Å². The summed E-state index contributed by atoms with van der Waals surface area (Å²) in [6, 6.07) is 8.89. The summed E-state index contributed by atoms with van der Waals surface area (Å²) in [6.45, 7) is 3.35. The number of thioether (sulfide) groups is 2. The molecule has 1 fully saturated rings. The fourth-order valence-electron chi connectivity index (χ4n) is 2.26. The van der Waals surface area contributed by atoms with Crippen molar-refractivity contribution in [3.05, 3.63) is 29.8 Å². The van der Waals surface area contributed by atoms with Gasteiger partial charge in [-0.15, -0.1) is 0 Å². The highest BCUT2D eigenvalue weighted by Crippen LogP contribution is 2.25. The quantitative estimate of drug-likeness (QED) is 0.866. The van der Waals surface area contributed by atoms with Crippen molar-refractivity contribution in [2.45, 2.75) is 24.6 Å². The van der Waals surface area contributed by atoms with Crippen LogP contribution < -0.4 is 10.1 Å². The summed E-state index contributed by atoms with van der Waals surface area (Å²) in [5.41, 5.74) is 1.36. The van der Waals surface area contributed by atoms with Crippen molar-refractivity contribution < 1.29 is 4.74 Å². The zero-order valence-corrected chi connectivity index (χ0v) is 13.4. The first kappa shape index (κ1) is 15.1. The number of nitrogens with one attached hydrogen (secondary N) is 1. The van der Waals surface area contributed by atoms with Gasteiger partial charge in [0.25, 0.3) is 0 Å². The van der Waals surface area contributed by atoms with Crippen LogP contribution in [0.15, 0.2) is 24.3 Å². The minimum absolute atomic E-state index is 0.457. The molecule has 19 heavy (non-hydrogen) atoms. The molecule has 106 valence electrons. The van der Waals surface area contributed by atoms with Crippen LogP contribution in [-0.2, 0) is 0 Å². The van der Waals surface area contributed by atoms with Crippen LogP contribution in [0.4, 0.5) is 0 Å². The number of hydrogen-bond acceptors (Lipinski definition) is 4. The van der Waals surface area contributed by atoms with Crippen LogP contribution in [0.5, 0.6) is 5.75 Å². The van der Waals surface area contributed by atoms with E-state index in [9.17, 15) is 0 Å². The van der Waals surface area contributed by atoms with Crippen molar-refractivity contribution in [1.29, 1.82) is 0 Å². The Labute approximate surface area is 125 Å². The molecule has 2 nitrogen and oxygen atoms in total. The Bertz CT molecular complexity index is 363. The average Bonchev–Trinajstić information content (AvgIpc) is 2.49. The molecule has 1 saturated heterocycles. The van der Waals surface area contributed by atoms with Crippen LogP contribution in [-0.4, -0.2) is 36.2 Å². The third-order valence-corrected chi connectivity index (χ3v) is 6.25. The molecule has 1 N–H and O–H groups in total. The second-order valence-corrected chi connectivity index (χ2v) is 7.27. The molecule has 1 aromatic rings. The van der Waals surface area contributed by atoms with Gasteiger partial charge in [0.05, 0.1) is 7.11 Å². The first-order chi connectivity index (χ1) is 9.33. The Morgan fingerprint density at radius 2 is 2.11 bits per heavy atom. The first-order valence-corrected chi connectivity index (χ1v) is 9.10. The molecule has 0 radical (unpaired) electrons. The van der Waals surface area contributed by atoms with Gasteiger partial charge in [-0.3, -0.25) is 0 Å². The van der Waals surface area contributed by atoms with Gasteiger partial charge < -0.3 is 10.1 Å². The second-order valence-electron chi connectivity index (χ2n) is 4.71. The number of hydrogen-bond donors (Lipinski definition) is 1. The van der Waals surface area contributed by atoms with Crippen molar-refractivity contribution >= 4 is 23.5 Å². The van der Waals surface area contributed by atoms with Gasteiger partial charge in [-0.25, -0.2) is 0 Å². The van der Waals surface area contributed by atoms with Crippen LogP contribution in [0.25, 0.3) is 0 Å². The fraction of sp³-hybridized carbons (Fsp3) is 0.600. The summed E-state index contributed by atoms with van der Waals surface area (Å²) in [5, 5.41) is 4.49. The molecule has 1 aromatic carbocycles. The zero-order chi connectivity index (χ0) is 13.5. The predicted octanol–water partition coefficient (Wildman–Crippen LogP) is 3.58. The van der Waals surface area contributed by atoms with Gasteiger partial charge in [0.15, 0.2) is 0 Å². The molecule has 4 heteroatoms. The number of ether oxygens (including phenoxy) is 1. The highest BCUT2D eigenvalue weighted by molar-refractivity contribution is 8.06. The number of benzene rings is 1. The molecule has 1 heterocycles. The average molecular weight is 297 g/mol. The van der Waals surface area contributed by atoms with Crippen LogP contribution in [0, 0.1) is 0 Å². The Morgan fingerprint density at radius 3 is 2.68 bits per heavy atom. The highest BCUT2D eigenvalue weighted by atomic mass is 32.2. The lowest BCUT2D eigenvalue weighted by Crippen LogP contribution is -2.31. The Balaban J connectivity index is 1.87. The molecular formula is C15H23NOS2. The van der Waals surface area contributed by atoms with Crippen LogP contribution in [0.2, 0.25) is 0 Å². The molecule has 2 unspecified atom stereocenters. The van der Waals surface area contributed by atoms with E-state index in [1.807, 2.05) is 12.1 Å². The molecule has 2 atom stereocenters. The summed E-state index contributed by atoms with van der Waals surface area (Å²) < 4.78 is 5.21. The molecule has 1 aliphatic rings. The lowest BCUT2D eigenvalue weighted by molar-refractivity contribution is 0.414. The second kappa shape index (κ2) is 8.08. The molecule has 2 rings (SSSR count). The summed E-state index contributed by atoms with van der Waals surface area (Å²) in [5.74, 6) is 4.84. The van der Waals surface area contributed by atoms with E-state index in [2.05, 4.69) is 47.9 Å². The molecule has 0 saturated carbocycles. The van der Waals surface area contributed by atoms with Crippen molar-refractivity contribution in [3.8, 4) is 5.75 Å². The van der Waals surface area contributed by atoms with E-state index in [4.69, 9.17) is 4.74 Å². The maximum atomic E-state index is 5.21.